The maximum absolute atomic E-state index is 11.8. The number of nitrogens with zero attached hydrogens (tertiary/aromatic N) is 1. The van der Waals surface area contributed by atoms with E-state index in [1.807, 2.05) is 11.9 Å². The molecule has 0 aromatic carbocycles. The Labute approximate surface area is 98.6 Å². The van der Waals surface area contributed by atoms with Crippen molar-refractivity contribution < 1.29 is 4.79 Å². The number of carbonyl (C=O) groups excluding carboxylic acids is 1. The quantitative estimate of drug-likeness (QED) is 0.744. The highest BCUT2D eigenvalue weighted by molar-refractivity contribution is 5.77. The Bertz CT molecular complexity index is 232. The van der Waals surface area contributed by atoms with Crippen molar-refractivity contribution in [2.75, 3.05) is 26.7 Å². The molecule has 2 fully saturated rings. The molecule has 2 aliphatic rings. The lowest BCUT2D eigenvalue weighted by Gasteiger charge is -2.21. The average molecular weight is 224 g/mol. The fraction of sp³-hybridized carbons (Fsp3) is 0.923. The molecular formula is C13H24N2O. The molecule has 0 unspecified atom stereocenters. The molecule has 0 heterocycles. The maximum atomic E-state index is 11.8. The first-order chi connectivity index (χ1) is 7.75. The predicted octanol–water partition coefficient (Wildman–Crippen LogP) is 1.63. The topological polar surface area (TPSA) is 32.3 Å². The number of carbonyl (C=O) groups is 1. The summed E-state index contributed by atoms with van der Waals surface area (Å²) >= 11 is 0. The molecule has 3 heteroatoms. The highest BCUT2D eigenvalue weighted by atomic mass is 16.2. The largest absolute Gasteiger partial charge is 0.344 e. The summed E-state index contributed by atoms with van der Waals surface area (Å²) in [6.07, 6.45) is 8.03. The van der Waals surface area contributed by atoms with Crippen LogP contribution in [0.15, 0.2) is 0 Å². The van der Waals surface area contributed by atoms with E-state index < -0.39 is 0 Å². The Hall–Kier alpha value is -0.570. The van der Waals surface area contributed by atoms with Crippen molar-refractivity contribution in [3.05, 3.63) is 0 Å². The normalized spacial score (nSPS) is 21.3. The lowest BCUT2D eigenvalue weighted by atomic mass is 10.1. The van der Waals surface area contributed by atoms with Crippen LogP contribution in [0.4, 0.5) is 0 Å². The molecule has 2 saturated carbocycles. The van der Waals surface area contributed by atoms with Crippen molar-refractivity contribution >= 4 is 5.91 Å². The first-order valence-corrected chi connectivity index (χ1v) is 6.70. The summed E-state index contributed by atoms with van der Waals surface area (Å²) in [5.41, 5.74) is 0. The third-order valence-electron chi connectivity index (χ3n) is 3.84. The maximum Gasteiger partial charge on any atom is 0.236 e. The standard InChI is InChI=1S/C13H24N2O/c1-15(10-12-4-2-3-5-12)13(16)9-14-8-11-6-7-11/h11-12,14H,2-10H2,1H3. The zero-order valence-corrected chi connectivity index (χ0v) is 10.4. The Morgan fingerprint density at radius 1 is 1.19 bits per heavy atom. The van der Waals surface area contributed by atoms with Gasteiger partial charge in [0, 0.05) is 13.6 Å². The molecule has 2 aliphatic carbocycles. The van der Waals surface area contributed by atoms with Crippen LogP contribution in [-0.4, -0.2) is 37.5 Å². The number of hydrogen-bond acceptors (Lipinski definition) is 2. The zero-order chi connectivity index (χ0) is 11.4. The molecule has 0 bridgehead atoms. The highest BCUT2D eigenvalue weighted by Crippen LogP contribution is 2.27. The third-order valence-corrected chi connectivity index (χ3v) is 3.84. The van der Waals surface area contributed by atoms with E-state index in [0.717, 1.165) is 24.9 Å². The monoisotopic (exact) mass is 224 g/mol. The van der Waals surface area contributed by atoms with Crippen molar-refractivity contribution in [2.45, 2.75) is 38.5 Å². The van der Waals surface area contributed by atoms with Gasteiger partial charge in [-0.15, -0.1) is 0 Å². The Morgan fingerprint density at radius 3 is 2.50 bits per heavy atom. The van der Waals surface area contributed by atoms with Gasteiger partial charge in [-0.2, -0.15) is 0 Å². The van der Waals surface area contributed by atoms with Crippen LogP contribution in [0.1, 0.15) is 38.5 Å². The molecule has 0 atom stereocenters. The van der Waals surface area contributed by atoms with Crippen LogP contribution in [0.3, 0.4) is 0 Å². The Kier molecular flexibility index (Phi) is 4.22. The molecule has 16 heavy (non-hydrogen) atoms. The molecule has 0 radical (unpaired) electrons. The van der Waals surface area contributed by atoms with Crippen LogP contribution in [-0.2, 0) is 4.79 Å². The van der Waals surface area contributed by atoms with Gasteiger partial charge >= 0.3 is 0 Å². The minimum absolute atomic E-state index is 0.257. The van der Waals surface area contributed by atoms with Gasteiger partial charge in [0.1, 0.15) is 0 Å². The van der Waals surface area contributed by atoms with Crippen molar-refractivity contribution in [3.8, 4) is 0 Å². The Balaban J connectivity index is 1.58. The Morgan fingerprint density at radius 2 is 1.88 bits per heavy atom. The van der Waals surface area contributed by atoms with Gasteiger partial charge in [0.05, 0.1) is 6.54 Å². The van der Waals surface area contributed by atoms with Crippen LogP contribution in [0.5, 0.6) is 0 Å². The lowest BCUT2D eigenvalue weighted by molar-refractivity contribution is -0.129. The van der Waals surface area contributed by atoms with E-state index >= 15 is 0 Å². The lowest BCUT2D eigenvalue weighted by Crippen LogP contribution is -2.38. The smallest absolute Gasteiger partial charge is 0.236 e. The second-order valence-corrected chi connectivity index (χ2v) is 5.50. The molecule has 0 saturated heterocycles. The van der Waals surface area contributed by atoms with Gasteiger partial charge in [0.25, 0.3) is 0 Å². The molecule has 0 spiro atoms. The van der Waals surface area contributed by atoms with Gasteiger partial charge in [-0.05, 0) is 44.1 Å². The molecule has 1 amide bonds. The van der Waals surface area contributed by atoms with Crippen molar-refractivity contribution in [2.24, 2.45) is 11.8 Å². The van der Waals surface area contributed by atoms with Crippen molar-refractivity contribution in [1.29, 1.82) is 0 Å². The van der Waals surface area contributed by atoms with E-state index in [1.165, 1.54) is 38.5 Å². The van der Waals surface area contributed by atoms with Gasteiger partial charge in [-0.25, -0.2) is 0 Å². The fourth-order valence-electron chi connectivity index (χ4n) is 2.52. The van der Waals surface area contributed by atoms with E-state index in [0.29, 0.717) is 6.54 Å². The molecule has 92 valence electrons. The predicted molar refractivity (Wildman–Crippen MR) is 65.2 cm³/mol. The van der Waals surface area contributed by atoms with E-state index in [1.54, 1.807) is 0 Å². The molecule has 0 aromatic rings. The molecular weight excluding hydrogens is 200 g/mol. The summed E-state index contributed by atoms with van der Waals surface area (Å²) in [4.78, 5) is 13.7. The molecule has 0 aromatic heterocycles. The highest BCUT2D eigenvalue weighted by Gasteiger charge is 2.22. The van der Waals surface area contributed by atoms with Crippen LogP contribution in [0.2, 0.25) is 0 Å². The minimum atomic E-state index is 0.257. The molecule has 3 nitrogen and oxygen atoms in total. The fourth-order valence-corrected chi connectivity index (χ4v) is 2.52. The van der Waals surface area contributed by atoms with Crippen LogP contribution >= 0.6 is 0 Å². The third kappa shape index (κ3) is 3.78. The van der Waals surface area contributed by atoms with E-state index in [-0.39, 0.29) is 5.91 Å². The zero-order valence-electron chi connectivity index (χ0n) is 10.4. The first-order valence-electron chi connectivity index (χ1n) is 6.70. The first kappa shape index (κ1) is 11.9. The molecule has 0 aliphatic heterocycles. The summed E-state index contributed by atoms with van der Waals surface area (Å²) < 4.78 is 0. The van der Waals surface area contributed by atoms with Gasteiger partial charge in [-0.1, -0.05) is 12.8 Å². The van der Waals surface area contributed by atoms with E-state index in [4.69, 9.17) is 0 Å². The second-order valence-electron chi connectivity index (χ2n) is 5.50. The van der Waals surface area contributed by atoms with Gasteiger partial charge in [0.15, 0.2) is 0 Å². The summed E-state index contributed by atoms with van der Waals surface area (Å²) in [5, 5.41) is 3.26. The minimum Gasteiger partial charge on any atom is -0.344 e. The molecule has 2 rings (SSSR count). The van der Waals surface area contributed by atoms with Crippen LogP contribution in [0, 0.1) is 11.8 Å². The SMILES string of the molecule is CN(CC1CCCC1)C(=O)CNCC1CC1. The van der Waals surface area contributed by atoms with E-state index in [2.05, 4.69) is 5.32 Å². The van der Waals surface area contributed by atoms with Crippen LogP contribution in [0.25, 0.3) is 0 Å². The van der Waals surface area contributed by atoms with E-state index in [9.17, 15) is 4.79 Å². The number of hydrogen-bond donors (Lipinski definition) is 1. The number of rotatable bonds is 6. The number of likely N-dealkylation sites (N-methyl/N-ethyl adjacent to an activating group) is 1. The number of amides is 1. The number of nitrogens with one attached hydrogen (secondary N) is 1. The summed E-state index contributed by atoms with van der Waals surface area (Å²) in [6.45, 7) is 2.52. The average Bonchev–Trinajstić information content (AvgIpc) is 2.95. The summed E-state index contributed by atoms with van der Waals surface area (Å²) in [6, 6.07) is 0. The van der Waals surface area contributed by atoms with Gasteiger partial charge < -0.3 is 10.2 Å². The second kappa shape index (κ2) is 5.67. The van der Waals surface area contributed by atoms with Crippen LogP contribution < -0.4 is 5.32 Å². The van der Waals surface area contributed by atoms with Crippen molar-refractivity contribution in [3.63, 3.8) is 0 Å². The summed E-state index contributed by atoms with van der Waals surface area (Å²) in [5.74, 6) is 1.87. The van der Waals surface area contributed by atoms with Crippen molar-refractivity contribution in [1.82, 2.24) is 10.2 Å². The molecule has 1 N–H and O–H groups in total. The summed E-state index contributed by atoms with van der Waals surface area (Å²) in [7, 11) is 1.94. The van der Waals surface area contributed by atoms with Gasteiger partial charge in [0.2, 0.25) is 5.91 Å². The van der Waals surface area contributed by atoms with Gasteiger partial charge in [-0.3, -0.25) is 4.79 Å².